The van der Waals surface area contributed by atoms with Gasteiger partial charge in [0.05, 0.1) is 12.2 Å². The molecule has 1 aromatic heterocycles. The smallest absolute Gasteiger partial charge is 0.315 e. The van der Waals surface area contributed by atoms with E-state index in [1.807, 2.05) is 25.1 Å². The van der Waals surface area contributed by atoms with E-state index in [0.29, 0.717) is 26.3 Å². The molecule has 3 rings (SSSR count). The van der Waals surface area contributed by atoms with Crippen molar-refractivity contribution in [2.75, 3.05) is 19.8 Å². The molecule has 1 aliphatic heterocycles. The molecule has 1 aromatic carbocycles. The summed E-state index contributed by atoms with van der Waals surface area (Å²) >= 11 is 0. The third kappa shape index (κ3) is 4.58. The van der Waals surface area contributed by atoms with Crippen LogP contribution in [0.3, 0.4) is 0 Å². The van der Waals surface area contributed by atoms with Crippen molar-refractivity contribution < 1.29 is 13.9 Å². The van der Waals surface area contributed by atoms with E-state index in [2.05, 4.69) is 15.6 Å². The van der Waals surface area contributed by atoms with Crippen LogP contribution >= 0.6 is 0 Å². The lowest BCUT2D eigenvalue weighted by molar-refractivity contribution is 0.0506. The first kappa shape index (κ1) is 18.3. The Bertz CT molecular complexity index is 743. The van der Waals surface area contributed by atoms with Crippen molar-refractivity contribution >= 4 is 6.03 Å². The third-order valence-corrected chi connectivity index (χ3v) is 4.87. The van der Waals surface area contributed by atoms with Gasteiger partial charge in [0.15, 0.2) is 0 Å². The summed E-state index contributed by atoms with van der Waals surface area (Å²) < 4.78 is 18.8. The van der Waals surface area contributed by atoms with Gasteiger partial charge in [0.1, 0.15) is 5.82 Å². The van der Waals surface area contributed by atoms with Crippen LogP contribution in [-0.4, -0.2) is 30.8 Å². The van der Waals surface area contributed by atoms with Gasteiger partial charge in [-0.3, -0.25) is 4.98 Å². The lowest BCUT2D eigenvalue weighted by Crippen LogP contribution is -2.47. The van der Waals surface area contributed by atoms with Crippen LogP contribution in [0.2, 0.25) is 0 Å². The van der Waals surface area contributed by atoms with E-state index in [9.17, 15) is 9.18 Å². The summed E-state index contributed by atoms with van der Waals surface area (Å²) in [6, 6.07) is 12.0. The SMILES string of the molecule is Cc1cccc(CNC(=O)NCC2(c3ccc(F)cc3)CCOCC2)n1. The molecule has 26 heavy (non-hydrogen) atoms. The monoisotopic (exact) mass is 357 g/mol. The van der Waals surface area contributed by atoms with E-state index in [1.165, 1.54) is 12.1 Å². The summed E-state index contributed by atoms with van der Waals surface area (Å²) in [5, 5.41) is 5.80. The highest BCUT2D eigenvalue weighted by atomic mass is 19.1. The topological polar surface area (TPSA) is 63.2 Å². The number of pyridine rings is 1. The summed E-state index contributed by atoms with van der Waals surface area (Å²) in [5.74, 6) is -0.257. The molecule has 0 spiro atoms. The van der Waals surface area contributed by atoms with E-state index in [-0.39, 0.29) is 17.3 Å². The van der Waals surface area contributed by atoms with E-state index in [1.54, 1.807) is 12.1 Å². The lowest BCUT2D eigenvalue weighted by atomic mass is 9.74. The number of halogens is 1. The number of hydrogen-bond acceptors (Lipinski definition) is 3. The van der Waals surface area contributed by atoms with Gasteiger partial charge >= 0.3 is 6.03 Å². The second-order valence-electron chi connectivity index (χ2n) is 6.71. The molecular formula is C20H24FN3O2. The van der Waals surface area contributed by atoms with Crippen LogP contribution in [0.25, 0.3) is 0 Å². The molecule has 2 aromatic rings. The molecule has 2 N–H and O–H groups in total. The number of aryl methyl sites for hydroxylation is 1. The molecule has 1 fully saturated rings. The van der Waals surface area contributed by atoms with Crippen molar-refractivity contribution in [3.8, 4) is 0 Å². The highest BCUT2D eigenvalue weighted by Gasteiger charge is 2.34. The normalized spacial score (nSPS) is 16.1. The molecule has 1 aliphatic rings. The highest BCUT2D eigenvalue weighted by Crippen LogP contribution is 2.34. The fourth-order valence-electron chi connectivity index (χ4n) is 3.31. The Morgan fingerprint density at radius 2 is 1.88 bits per heavy atom. The molecular weight excluding hydrogens is 333 g/mol. The zero-order valence-electron chi connectivity index (χ0n) is 14.9. The van der Waals surface area contributed by atoms with Crippen molar-refractivity contribution in [3.05, 3.63) is 65.2 Å². The number of nitrogens with zero attached hydrogens (tertiary/aromatic N) is 1. The largest absolute Gasteiger partial charge is 0.381 e. The number of nitrogens with one attached hydrogen (secondary N) is 2. The van der Waals surface area contributed by atoms with Gasteiger partial charge in [-0.2, -0.15) is 0 Å². The quantitative estimate of drug-likeness (QED) is 0.864. The van der Waals surface area contributed by atoms with Gasteiger partial charge < -0.3 is 15.4 Å². The van der Waals surface area contributed by atoms with Crippen LogP contribution < -0.4 is 10.6 Å². The summed E-state index contributed by atoms with van der Waals surface area (Å²) in [4.78, 5) is 16.6. The maximum absolute atomic E-state index is 13.3. The van der Waals surface area contributed by atoms with E-state index < -0.39 is 0 Å². The number of ether oxygens (including phenoxy) is 1. The maximum atomic E-state index is 13.3. The van der Waals surface area contributed by atoms with Crippen molar-refractivity contribution in [2.24, 2.45) is 0 Å². The second kappa shape index (κ2) is 8.27. The minimum atomic E-state index is -0.257. The van der Waals surface area contributed by atoms with Gasteiger partial charge in [-0.05, 0) is 49.6 Å². The predicted molar refractivity (Wildman–Crippen MR) is 97.3 cm³/mol. The lowest BCUT2D eigenvalue weighted by Gasteiger charge is -2.38. The molecule has 138 valence electrons. The molecule has 0 aliphatic carbocycles. The molecule has 0 saturated carbocycles. The molecule has 1 saturated heterocycles. The Kier molecular flexibility index (Phi) is 5.83. The van der Waals surface area contributed by atoms with Crippen LogP contribution in [0.15, 0.2) is 42.5 Å². The number of carbonyl (C=O) groups is 1. The first-order chi connectivity index (χ1) is 12.6. The number of benzene rings is 1. The fourth-order valence-corrected chi connectivity index (χ4v) is 3.31. The van der Waals surface area contributed by atoms with Gasteiger partial charge in [-0.25, -0.2) is 9.18 Å². The number of aromatic nitrogens is 1. The molecule has 0 unspecified atom stereocenters. The number of carbonyl (C=O) groups excluding carboxylic acids is 1. The molecule has 0 atom stereocenters. The van der Waals surface area contributed by atoms with E-state index >= 15 is 0 Å². The number of rotatable bonds is 5. The Balaban J connectivity index is 1.60. The standard InChI is InChI=1S/C20H24FN3O2/c1-15-3-2-4-18(24-15)13-22-19(25)23-14-20(9-11-26-12-10-20)16-5-7-17(21)8-6-16/h2-8H,9-14H2,1H3,(H2,22,23,25). The van der Waals surface area contributed by atoms with Gasteiger partial charge in [-0.1, -0.05) is 18.2 Å². The molecule has 5 nitrogen and oxygen atoms in total. The minimum Gasteiger partial charge on any atom is -0.381 e. The van der Waals surface area contributed by atoms with E-state index in [0.717, 1.165) is 29.8 Å². The van der Waals surface area contributed by atoms with Crippen LogP contribution in [0.4, 0.5) is 9.18 Å². The molecule has 0 radical (unpaired) electrons. The zero-order chi connectivity index (χ0) is 18.4. The molecule has 0 bridgehead atoms. The third-order valence-electron chi connectivity index (χ3n) is 4.87. The van der Waals surface area contributed by atoms with Crippen molar-refractivity contribution in [2.45, 2.75) is 31.7 Å². The maximum Gasteiger partial charge on any atom is 0.315 e. The van der Waals surface area contributed by atoms with Gasteiger partial charge in [0.2, 0.25) is 0 Å². The zero-order valence-corrected chi connectivity index (χ0v) is 14.9. The van der Waals surface area contributed by atoms with Crippen LogP contribution in [0.1, 0.15) is 29.8 Å². The van der Waals surface area contributed by atoms with Gasteiger partial charge in [0.25, 0.3) is 0 Å². The fraction of sp³-hybridized carbons (Fsp3) is 0.400. The van der Waals surface area contributed by atoms with Crippen molar-refractivity contribution in [1.82, 2.24) is 15.6 Å². The average molecular weight is 357 g/mol. The number of hydrogen-bond donors (Lipinski definition) is 2. The summed E-state index contributed by atoms with van der Waals surface area (Å²) in [7, 11) is 0. The predicted octanol–water partition coefficient (Wildman–Crippen LogP) is 3.08. The number of amides is 2. The van der Waals surface area contributed by atoms with Gasteiger partial charge in [0, 0.05) is 30.9 Å². The Hall–Kier alpha value is -2.47. The first-order valence-corrected chi connectivity index (χ1v) is 8.85. The van der Waals surface area contributed by atoms with Crippen LogP contribution in [0.5, 0.6) is 0 Å². The van der Waals surface area contributed by atoms with Crippen molar-refractivity contribution in [3.63, 3.8) is 0 Å². The average Bonchev–Trinajstić information content (AvgIpc) is 2.66. The van der Waals surface area contributed by atoms with E-state index in [4.69, 9.17) is 4.74 Å². The summed E-state index contributed by atoms with van der Waals surface area (Å²) in [6.45, 7) is 4.04. The Morgan fingerprint density at radius 1 is 1.15 bits per heavy atom. The van der Waals surface area contributed by atoms with Crippen LogP contribution in [0, 0.1) is 12.7 Å². The number of urea groups is 1. The van der Waals surface area contributed by atoms with Gasteiger partial charge in [-0.15, -0.1) is 0 Å². The first-order valence-electron chi connectivity index (χ1n) is 8.85. The minimum absolute atomic E-state index is 0.231. The highest BCUT2D eigenvalue weighted by molar-refractivity contribution is 5.73. The Labute approximate surface area is 153 Å². The molecule has 2 amide bonds. The Morgan fingerprint density at radius 3 is 2.58 bits per heavy atom. The second-order valence-corrected chi connectivity index (χ2v) is 6.71. The van der Waals surface area contributed by atoms with Crippen molar-refractivity contribution in [1.29, 1.82) is 0 Å². The molecule has 2 heterocycles. The summed E-state index contributed by atoms with van der Waals surface area (Å²) in [6.07, 6.45) is 1.58. The molecule has 6 heteroatoms. The summed E-state index contributed by atoms with van der Waals surface area (Å²) in [5.41, 5.74) is 2.54. The van der Waals surface area contributed by atoms with Crippen LogP contribution in [-0.2, 0) is 16.7 Å².